The van der Waals surface area contributed by atoms with Crippen LogP contribution in [0.15, 0.2) is 45.1 Å². The highest BCUT2D eigenvalue weighted by molar-refractivity contribution is 7.94. The van der Waals surface area contributed by atoms with E-state index in [1.807, 2.05) is 13.0 Å². The third kappa shape index (κ3) is 4.68. The lowest BCUT2D eigenvalue weighted by Crippen LogP contribution is -2.11. The first-order valence-electron chi connectivity index (χ1n) is 8.36. The summed E-state index contributed by atoms with van der Waals surface area (Å²) in [6.45, 7) is 5.02. The average Bonchev–Trinajstić information content (AvgIpc) is 3.21. The Morgan fingerprint density at radius 3 is 2.68 bits per heavy atom. The molecule has 28 heavy (non-hydrogen) atoms. The number of hydrogen-bond acceptors (Lipinski definition) is 6. The minimum absolute atomic E-state index is 0.199. The number of nitrogens with one attached hydrogen (secondary N) is 2. The van der Waals surface area contributed by atoms with Gasteiger partial charge in [-0.05, 0) is 55.8 Å². The van der Waals surface area contributed by atoms with E-state index >= 15 is 0 Å². The van der Waals surface area contributed by atoms with Crippen LogP contribution < -0.4 is 10.0 Å². The van der Waals surface area contributed by atoms with Gasteiger partial charge in [0.25, 0.3) is 10.0 Å². The second kappa shape index (κ2) is 7.99. The molecule has 1 amide bonds. The molecule has 2 aromatic heterocycles. The maximum atomic E-state index is 12.6. The molecule has 3 aromatic rings. The van der Waals surface area contributed by atoms with Crippen LogP contribution in [0, 0.1) is 13.8 Å². The molecular weight excluding hydrogens is 398 g/mol. The zero-order valence-corrected chi connectivity index (χ0v) is 17.1. The van der Waals surface area contributed by atoms with Crippen molar-refractivity contribution < 1.29 is 17.7 Å². The maximum Gasteiger partial charge on any atom is 0.271 e. The second-order valence-electron chi connectivity index (χ2n) is 6.15. The summed E-state index contributed by atoms with van der Waals surface area (Å²) in [4.78, 5) is 12.0. The van der Waals surface area contributed by atoms with E-state index in [0.29, 0.717) is 27.7 Å². The van der Waals surface area contributed by atoms with Gasteiger partial charge in [-0.25, -0.2) is 8.42 Å². The van der Waals surface area contributed by atoms with Crippen LogP contribution >= 0.6 is 11.3 Å². The smallest absolute Gasteiger partial charge is 0.271 e. The molecule has 0 aliphatic heterocycles. The third-order valence-corrected chi connectivity index (χ3v) is 6.65. The summed E-state index contributed by atoms with van der Waals surface area (Å²) in [5.74, 6) is 0.163. The summed E-state index contributed by atoms with van der Waals surface area (Å²) >= 11 is 1.12. The van der Waals surface area contributed by atoms with E-state index in [9.17, 15) is 13.2 Å². The minimum Gasteiger partial charge on any atom is -0.354 e. The molecule has 0 saturated heterocycles. The lowest BCUT2D eigenvalue weighted by atomic mass is 10.2. The quantitative estimate of drug-likeness (QED) is 0.623. The van der Waals surface area contributed by atoms with Gasteiger partial charge in [0.1, 0.15) is 15.6 Å². The van der Waals surface area contributed by atoms with Gasteiger partial charge in [0, 0.05) is 17.5 Å². The van der Waals surface area contributed by atoms with Crippen molar-refractivity contribution in [3.63, 3.8) is 0 Å². The number of nitrogens with zero attached hydrogens (tertiary/aromatic N) is 1. The van der Waals surface area contributed by atoms with Crippen LogP contribution in [0.4, 0.5) is 11.4 Å². The van der Waals surface area contributed by atoms with E-state index in [1.54, 1.807) is 49.4 Å². The third-order valence-electron chi connectivity index (χ3n) is 3.73. The van der Waals surface area contributed by atoms with Gasteiger partial charge in [-0.2, -0.15) is 0 Å². The number of rotatable bonds is 6. The summed E-state index contributed by atoms with van der Waals surface area (Å²) < 4.78 is 33.1. The van der Waals surface area contributed by atoms with E-state index in [1.165, 1.54) is 6.92 Å². The van der Waals surface area contributed by atoms with Gasteiger partial charge < -0.3 is 9.84 Å². The second-order valence-corrected chi connectivity index (χ2v) is 9.18. The highest BCUT2D eigenvalue weighted by Crippen LogP contribution is 2.27. The van der Waals surface area contributed by atoms with Crippen molar-refractivity contribution in [3.8, 4) is 0 Å². The van der Waals surface area contributed by atoms with Crippen LogP contribution in [0.25, 0.3) is 12.2 Å². The predicted octanol–water partition coefficient (Wildman–Crippen LogP) is 4.28. The van der Waals surface area contributed by atoms with Crippen molar-refractivity contribution in [2.75, 3.05) is 10.0 Å². The number of hydrogen-bond donors (Lipinski definition) is 2. The Balaban J connectivity index is 1.79. The molecule has 0 unspecified atom stereocenters. The van der Waals surface area contributed by atoms with Gasteiger partial charge in [0.2, 0.25) is 5.91 Å². The average molecular weight is 418 g/mol. The Hall–Kier alpha value is -2.91. The van der Waals surface area contributed by atoms with Gasteiger partial charge in [0.15, 0.2) is 5.76 Å². The van der Waals surface area contributed by atoms with Gasteiger partial charge in [-0.1, -0.05) is 17.3 Å². The molecule has 0 fully saturated rings. The first kappa shape index (κ1) is 19.8. The van der Waals surface area contributed by atoms with Gasteiger partial charge in [-0.15, -0.1) is 11.3 Å². The number of carbonyl (C=O) groups excluding carboxylic acids is 1. The Morgan fingerprint density at radius 1 is 1.18 bits per heavy atom. The molecule has 0 radical (unpaired) electrons. The monoisotopic (exact) mass is 417 g/mol. The molecule has 0 aliphatic carbocycles. The van der Waals surface area contributed by atoms with Crippen LogP contribution in [0.1, 0.15) is 28.8 Å². The first-order chi connectivity index (χ1) is 13.2. The topological polar surface area (TPSA) is 101 Å². The van der Waals surface area contributed by atoms with E-state index < -0.39 is 10.0 Å². The zero-order chi connectivity index (χ0) is 20.3. The molecule has 3 rings (SSSR count). The lowest BCUT2D eigenvalue weighted by Gasteiger charge is -2.06. The van der Waals surface area contributed by atoms with Crippen LogP contribution in [-0.4, -0.2) is 19.5 Å². The van der Waals surface area contributed by atoms with E-state index in [0.717, 1.165) is 16.9 Å². The molecule has 2 heterocycles. The Bertz CT molecular complexity index is 1140. The molecule has 0 saturated carbocycles. The van der Waals surface area contributed by atoms with Gasteiger partial charge in [-0.3, -0.25) is 9.52 Å². The number of thiophene rings is 1. The molecule has 146 valence electrons. The van der Waals surface area contributed by atoms with Gasteiger partial charge >= 0.3 is 0 Å². The van der Waals surface area contributed by atoms with Crippen molar-refractivity contribution in [1.82, 2.24) is 5.16 Å². The number of anilines is 2. The van der Waals surface area contributed by atoms with E-state index in [4.69, 9.17) is 4.52 Å². The van der Waals surface area contributed by atoms with Crippen LogP contribution in [0.5, 0.6) is 0 Å². The fourth-order valence-corrected chi connectivity index (χ4v) is 4.75. The molecule has 1 aromatic carbocycles. The van der Waals surface area contributed by atoms with E-state index in [2.05, 4.69) is 15.2 Å². The van der Waals surface area contributed by atoms with Crippen LogP contribution in [0.3, 0.4) is 0 Å². The maximum absolute atomic E-state index is 12.6. The van der Waals surface area contributed by atoms with Crippen LogP contribution in [0.2, 0.25) is 0 Å². The zero-order valence-electron chi connectivity index (χ0n) is 15.5. The standard InChI is InChI=1S/C19H19N3O4S2/c1-12-5-4-6-15(11-12)22-28(24,25)18-10-8-16(27-18)7-9-17-19(20-14(3)23)13(2)21-26-17/h4-11,22H,1-3H3,(H,20,23). The first-order valence-corrected chi connectivity index (χ1v) is 10.7. The number of benzene rings is 1. The SMILES string of the molecule is CC(=O)Nc1c(C)noc1C=Cc1ccc(S(=O)(=O)Nc2cccc(C)c2)s1. The Labute approximate surface area is 167 Å². The molecule has 9 heteroatoms. The minimum atomic E-state index is -3.67. The number of aromatic nitrogens is 1. The van der Waals surface area contributed by atoms with Crippen LogP contribution in [-0.2, 0) is 14.8 Å². The normalized spacial score (nSPS) is 11.7. The largest absolute Gasteiger partial charge is 0.354 e. The van der Waals surface area contributed by atoms with Crippen molar-refractivity contribution in [1.29, 1.82) is 0 Å². The van der Waals surface area contributed by atoms with Crippen molar-refractivity contribution in [2.45, 2.75) is 25.0 Å². The van der Waals surface area contributed by atoms with Crippen molar-refractivity contribution in [3.05, 3.63) is 58.3 Å². The number of carbonyl (C=O) groups is 1. The molecule has 0 spiro atoms. The fourth-order valence-electron chi connectivity index (χ4n) is 2.47. The summed E-state index contributed by atoms with van der Waals surface area (Å²) in [5, 5.41) is 6.51. The molecule has 0 aliphatic rings. The number of amides is 1. The molecule has 2 N–H and O–H groups in total. The number of aryl methyl sites for hydroxylation is 2. The molecule has 0 atom stereocenters. The van der Waals surface area contributed by atoms with Crippen molar-refractivity contribution in [2.24, 2.45) is 0 Å². The predicted molar refractivity (Wildman–Crippen MR) is 111 cm³/mol. The Morgan fingerprint density at radius 2 is 1.96 bits per heavy atom. The Kier molecular flexibility index (Phi) is 5.66. The van der Waals surface area contributed by atoms with Crippen molar-refractivity contribution >= 4 is 50.8 Å². The summed E-state index contributed by atoms with van der Waals surface area (Å²) in [5.41, 5.74) is 2.54. The highest BCUT2D eigenvalue weighted by atomic mass is 32.2. The lowest BCUT2D eigenvalue weighted by molar-refractivity contribution is -0.114. The molecular formula is C19H19N3O4S2. The molecule has 7 nitrogen and oxygen atoms in total. The van der Waals surface area contributed by atoms with E-state index in [-0.39, 0.29) is 10.1 Å². The summed E-state index contributed by atoms with van der Waals surface area (Å²) in [6.07, 6.45) is 3.35. The molecule has 0 bridgehead atoms. The highest BCUT2D eigenvalue weighted by Gasteiger charge is 2.17. The number of sulfonamides is 1. The fraction of sp³-hybridized carbons (Fsp3) is 0.158. The summed E-state index contributed by atoms with van der Waals surface area (Å²) in [7, 11) is -3.67. The summed E-state index contributed by atoms with van der Waals surface area (Å²) in [6, 6.07) is 10.4. The van der Waals surface area contributed by atoms with Gasteiger partial charge in [0.05, 0.1) is 0 Å².